The van der Waals surface area contributed by atoms with Crippen LogP contribution in [0.2, 0.25) is 0 Å². The first-order valence-corrected chi connectivity index (χ1v) is 13.1. The van der Waals surface area contributed by atoms with E-state index in [-0.39, 0.29) is 17.9 Å². The van der Waals surface area contributed by atoms with Gasteiger partial charge in [0.1, 0.15) is 11.5 Å². The van der Waals surface area contributed by atoms with Crippen LogP contribution in [0, 0.1) is 0 Å². The Morgan fingerprint density at radius 3 is 2.81 bits per heavy atom. The Bertz CT molecular complexity index is 1420. The fourth-order valence-electron chi connectivity index (χ4n) is 3.98. The second-order valence-corrected chi connectivity index (χ2v) is 9.66. The molecule has 1 saturated carbocycles. The van der Waals surface area contributed by atoms with Crippen molar-refractivity contribution in [3.8, 4) is 22.7 Å². The maximum Gasteiger partial charge on any atom is 0.471 e. The zero-order valence-electron chi connectivity index (χ0n) is 19.8. The van der Waals surface area contributed by atoms with E-state index in [9.17, 15) is 9.36 Å². The zero-order valence-corrected chi connectivity index (χ0v) is 20.7. The maximum atomic E-state index is 13.1. The molecule has 194 valence electrons. The summed E-state index contributed by atoms with van der Waals surface area (Å²) >= 11 is 0. The molecule has 0 saturated heterocycles. The molecule has 0 radical (unpaired) electrons. The molecule has 0 unspecified atom stereocenters. The highest BCUT2D eigenvalue weighted by Crippen LogP contribution is 2.37. The van der Waals surface area contributed by atoms with Crippen molar-refractivity contribution in [1.82, 2.24) is 24.5 Å². The van der Waals surface area contributed by atoms with Crippen LogP contribution in [0.1, 0.15) is 36.4 Å². The van der Waals surface area contributed by atoms with Gasteiger partial charge in [-0.15, -0.1) is 0 Å². The summed E-state index contributed by atoms with van der Waals surface area (Å²) < 4.78 is 29.7. The highest BCUT2D eigenvalue weighted by Gasteiger charge is 2.32. The van der Waals surface area contributed by atoms with Gasteiger partial charge in [-0.25, -0.2) is 9.25 Å². The third kappa shape index (κ3) is 5.87. The molecule has 14 heteroatoms. The summed E-state index contributed by atoms with van der Waals surface area (Å²) in [5, 5.41) is 11.6. The van der Waals surface area contributed by atoms with Gasteiger partial charge in [0.2, 0.25) is 0 Å². The van der Waals surface area contributed by atoms with Crippen molar-refractivity contribution in [2.75, 3.05) is 11.9 Å². The number of pyridine rings is 1. The molecule has 0 bridgehead atoms. The Morgan fingerprint density at radius 1 is 1.24 bits per heavy atom. The van der Waals surface area contributed by atoms with Gasteiger partial charge in [0.25, 0.3) is 5.91 Å². The van der Waals surface area contributed by atoms with Crippen LogP contribution in [-0.2, 0) is 20.6 Å². The molecule has 0 aromatic carbocycles. The molecule has 37 heavy (non-hydrogen) atoms. The first kappa shape index (κ1) is 25.1. The fraction of sp³-hybridized carbons (Fsp3) is 0.304. The number of rotatable bonds is 10. The third-order valence-electron chi connectivity index (χ3n) is 5.84. The minimum Gasteiger partial charge on any atom is -0.451 e. The van der Waals surface area contributed by atoms with E-state index < -0.39 is 20.5 Å². The second kappa shape index (κ2) is 10.4. The highest BCUT2D eigenvalue weighted by atomic mass is 31.2. The molecule has 4 aromatic heterocycles. The summed E-state index contributed by atoms with van der Waals surface area (Å²) in [6.07, 6.45) is 8.28. The molecular weight excluding hydrogens is 503 g/mol. The normalized spacial score (nSPS) is 17.5. The van der Waals surface area contributed by atoms with Crippen molar-refractivity contribution in [2.45, 2.75) is 38.6 Å². The number of nitrogens with one attached hydrogen (secondary N) is 1. The lowest BCUT2D eigenvalue weighted by Crippen LogP contribution is -2.33. The van der Waals surface area contributed by atoms with Gasteiger partial charge >= 0.3 is 7.82 Å². The van der Waals surface area contributed by atoms with Gasteiger partial charge in [0.05, 0.1) is 35.3 Å². The van der Waals surface area contributed by atoms with Crippen LogP contribution in [-0.4, -0.2) is 52.9 Å². The molecule has 1 aliphatic carbocycles. The van der Waals surface area contributed by atoms with Crippen LogP contribution in [0.5, 0.6) is 0 Å². The molecule has 0 aliphatic heterocycles. The van der Waals surface area contributed by atoms with Crippen molar-refractivity contribution in [1.29, 1.82) is 0 Å². The van der Waals surface area contributed by atoms with E-state index in [4.69, 9.17) is 24.0 Å². The number of hydrogen-bond acceptors (Lipinski definition) is 8. The highest BCUT2D eigenvalue weighted by molar-refractivity contribution is 7.46. The number of ether oxygens (including phenoxy) is 1. The number of hydrogen-bond donors (Lipinski definition) is 3. The predicted octanol–water partition coefficient (Wildman–Crippen LogP) is 3.46. The topological polar surface area (TPSA) is 167 Å². The number of carbonyl (C=O) groups excluding carboxylic acids is 1. The largest absolute Gasteiger partial charge is 0.471 e. The quantitative estimate of drug-likeness (QED) is 0.259. The van der Waals surface area contributed by atoms with Gasteiger partial charge in [-0.05, 0) is 44.0 Å². The summed E-state index contributed by atoms with van der Waals surface area (Å²) in [6.45, 7) is 2.20. The van der Waals surface area contributed by atoms with E-state index in [0.717, 1.165) is 12.8 Å². The van der Waals surface area contributed by atoms with Crippen LogP contribution >= 0.6 is 7.82 Å². The summed E-state index contributed by atoms with van der Waals surface area (Å²) in [5.74, 6) is -0.0559. The lowest BCUT2D eigenvalue weighted by Gasteiger charge is -2.34. The van der Waals surface area contributed by atoms with Crippen molar-refractivity contribution in [2.24, 2.45) is 0 Å². The number of carbonyl (C=O) groups is 1. The minimum atomic E-state index is -4.63. The van der Waals surface area contributed by atoms with Gasteiger partial charge in [0.15, 0.2) is 12.5 Å². The van der Waals surface area contributed by atoms with Crippen molar-refractivity contribution in [3.05, 3.63) is 60.9 Å². The van der Waals surface area contributed by atoms with Crippen molar-refractivity contribution >= 4 is 19.4 Å². The average Bonchev–Trinajstić information content (AvgIpc) is 3.59. The van der Waals surface area contributed by atoms with E-state index in [0.29, 0.717) is 35.0 Å². The lowest BCUT2D eigenvalue weighted by atomic mass is 9.89. The van der Waals surface area contributed by atoms with E-state index in [1.165, 1.54) is 23.1 Å². The van der Waals surface area contributed by atoms with Crippen LogP contribution in [0.25, 0.3) is 22.7 Å². The number of nitrogens with zero attached hydrogens (tertiary/aromatic N) is 5. The van der Waals surface area contributed by atoms with Crippen molar-refractivity contribution in [3.63, 3.8) is 0 Å². The Hall–Kier alpha value is -3.61. The molecule has 0 atom stereocenters. The van der Waals surface area contributed by atoms with Gasteiger partial charge in [0, 0.05) is 25.2 Å². The van der Waals surface area contributed by atoms with Crippen molar-refractivity contribution < 1.29 is 32.8 Å². The molecule has 5 rings (SSSR count). The van der Waals surface area contributed by atoms with E-state index in [1.54, 1.807) is 18.5 Å². The molecule has 0 spiro atoms. The SMILES string of the molecule is CCOC1CC(n2cc(NC(=O)c3ccc(-c4cnn(COP(=O)(O)O)c4)o3)c(-c3ccccn3)n2)C1. The summed E-state index contributed by atoms with van der Waals surface area (Å²) in [4.78, 5) is 35.1. The first-order valence-electron chi connectivity index (χ1n) is 11.6. The molecular formula is C23H25N6O7P. The number of furan rings is 1. The molecule has 1 amide bonds. The molecule has 1 fully saturated rings. The Balaban J connectivity index is 1.32. The van der Waals surface area contributed by atoms with Crippen LogP contribution in [0.3, 0.4) is 0 Å². The number of phosphoric ester groups is 1. The van der Waals surface area contributed by atoms with Crippen LogP contribution < -0.4 is 5.32 Å². The zero-order chi connectivity index (χ0) is 26.0. The summed E-state index contributed by atoms with van der Waals surface area (Å²) in [5.41, 5.74) is 2.18. The number of aromatic nitrogens is 5. The smallest absolute Gasteiger partial charge is 0.451 e. The van der Waals surface area contributed by atoms with E-state index >= 15 is 0 Å². The molecule has 1 aliphatic rings. The first-order chi connectivity index (χ1) is 17.8. The Labute approximate surface area is 211 Å². The Kier molecular flexibility index (Phi) is 7.04. The number of amides is 1. The summed E-state index contributed by atoms with van der Waals surface area (Å²) in [6, 6.07) is 8.78. The fourth-order valence-corrected chi connectivity index (χ4v) is 4.25. The van der Waals surface area contributed by atoms with Crippen LogP contribution in [0.4, 0.5) is 5.69 Å². The minimum absolute atomic E-state index is 0.0639. The third-order valence-corrected chi connectivity index (χ3v) is 6.29. The number of anilines is 1. The lowest BCUT2D eigenvalue weighted by molar-refractivity contribution is -0.0226. The molecule has 4 aromatic rings. The van der Waals surface area contributed by atoms with E-state index in [2.05, 4.69) is 19.9 Å². The second-order valence-electron chi connectivity index (χ2n) is 8.42. The Morgan fingerprint density at radius 2 is 2.08 bits per heavy atom. The summed E-state index contributed by atoms with van der Waals surface area (Å²) in [7, 11) is -4.63. The van der Waals surface area contributed by atoms with Gasteiger partial charge in [-0.3, -0.25) is 19.0 Å². The maximum absolute atomic E-state index is 13.1. The van der Waals surface area contributed by atoms with Gasteiger partial charge in [-0.2, -0.15) is 10.2 Å². The predicted molar refractivity (Wildman–Crippen MR) is 130 cm³/mol. The van der Waals surface area contributed by atoms with Gasteiger partial charge in [-0.1, -0.05) is 6.07 Å². The van der Waals surface area contributed by atoms with Gasteiger partial charge < -0.3 is 24.3 Å². The molecule has 13 nitrogen and oxygen atoms in total. The number of phosphoric acid groups is 1. The average molecular weight is 528 g/mol. The molecule has 3 N–H and O–H groups in total. The monoisotopic (exact) mass is 528 g/mol. The molecule has 4 heterocycles. The van der Waals surface area contributed by atoms with E-state index in [1.807, 2.05) is 29.8 Å². The standard InChI is InChI=1S/C23H25N6O7P/c1-2-34-17-9-16(10-17)29-13-19(22(27-29)18-5-3-4-8-24-18)26-23(30)21-7-6-20(36-21)15-11-25-28(12-15)14-35-37(31,32)33/h3-8,11-13,16-17H,2,9-10,14H2,1H3,(H,26,30)(H2,31,32,33). The van der Waals surface area contributed by atoms with Crippen LogP contribution in [0.15, 0.2) is 59.5 Å².